The molecule has 2 aliphatic rings. The maximum Gasteiger partial charge on any atom is 0.253 e. The zero-order valence-corrected chi connectivity index (χ0v) is 19.8. The first-order valence-corrected chi connectivity index (χ1v) is 10.5. The number of carbonyl (C=O) groups excluding carboxylic acids is 1. The summed E-state index contributed by atoms with van der Waals surface area (Å²) in [5, 5.41) is 3.51. The van der Waals surface area contributed by atoms with E-state index in [0.29, 0.717) is 0 Å². The molecule has 0 aromatic heterocycles. The van der Waals surface area contributed by atoms with Gasteiger partial charge in [0, 0.05) is 45.3 Å². The first kappa shape index (κ1) is 23.0. The van der Waals surface area contributed by atoms with Crippen molar-refractivity contribution in [3.8, 4) is 0 Å². The normalized spacial score (nSPS) is 21.7. The minimum Gasteiger partial charge on any atom is -0.352 e. The third-order valence-electron chi connectivity index (χ3n) is 6.19. The lowest BCUT2D eigenvalue weighted by molar-refractivity contribution is 0.0773. The number of carbonyl (C=O) groups is 1. The number of halogens is 1. The second kappa shape index (κ2) is 11.0. The van der Waals surface area contributed by atoms with E-state index in [1.165, 1.54) is 31.2 Å². The van der Waals surface area contributed by atoms with Gasteiger partial charge in [-0.2, -0.15) is 0 Å². The van der Waals surface area contributed by atoms with Gasteiger partial charge in [0.1, 0.15) is 0 Å². The summed E-state index contributed by atoms with van der Waals surface area (Å²) in [4.78, 5) is 21.2. The minimum atomic E-state index is 0. The Bertz CT molecular complexity index is 643. The summed E-state index contributed by atoms with van der Waals surface area (Å²) in [5.41, 5.74) is 1.93. The molecule has 1 amide bonds. The minimum absolute atomic E-state index is 0. The molecule has 1 saturated heterocycles. The smallest absolute Gasteiger partial charge is 0.253 e. The predicted octanol–water partition coefficient (Wildman–Crippen LogP) is 3.98. The molecule has 6 heteroatoms. The van der Waals surface area contributed by atoms with Crippen LogP contribution < -0.4 is 5.32 Å². The van der Waals surface area contributed by atoms with Gasteiger partial charge in [-0.15, -0.1) is 24.0 Å². The van der Waals surface area contributed by atoms with Crippen LogP contribution in [0.1, 0.15) is 55.5 Å². The van der Waals surface area contributed by atoms with Crippen molar-refractivity contribution >= 4 is 35.8 Å². The topological polar surface area (TPSA) is 47.9 Å². The van der Waals surface area contributed by atoms with E-state index in [1.807, 2.05) is 50.1 Å². The Hall–Kier alpha value is -1.31. The number of nitrogens with one attached hydrogen (secondary N) is 1. The Morgan fingerprint density at radius 1 is 1.11 bits per heavy atom. The highest BCUT2D eigenvalue weighted by atomic mass is 127. The number of likely N-dealkylation sites (tertiary alicyclic amines) is 1. The van der Waals surface area contributed by atoms with E-state index in [4.69, 9.17) is 0 Å². The van der Waals surface area contributed by atoms with Gasteiger partial charge in [-0.1, -0.05) is 25.0 Å². The van der Waals surface area contributed by atoms with Gasteiger partial charge in [0.25, 0.3) is 5.91 Å². The molecule has 3 rings (SSSR count). The lowest BCUT2D eigenvalue weighted by Crippen LogP contribution is -2.39. The molecule has 5 nitrogen and oxygen atoms in total. The van der Waals surface area contributed by atoms with Crippen LogP contribution in [0.2, 0.25) is 0 Å². The fourth-order valence-corrected chi connectivity index (χ4v) is 4.55. The molecule has 1 aliphatic heterocycles. The van der Waals surface area contributed by atoms with Gasteiger partial charge in [-0.05, 0) is 56.2 Å². The zero-order valence-electron chi connectivity index (χ0n) is 17.5. The van der Waals surface area contributed by atoms with Gasteiger partial charge in [-0.25, -0.2) is 0 Å². The number of guanidine groups is 1. The van der Waals surface area contributed by atoms with E-state index in [1.54, 1.807) is 0 Å². The van der Waals surface area contributed by atoms with E-state index in [-0.39, 0.29) is 29.9 Å². The maximum absolute atomic E-state index is 12.4. The van der Waals surface area contributed by atoms with Crippen LogP contribution in [-0.4, -0.2) is 54.9 Å². The first-order chi connectivity index (χ1) is 13.2. The Kier molecular flexibility index (Phi) is 9.05. The summed E-state index contributed by atoms with van der Waals surface area (Å²) in [6.45, 7) is 8.53. The molecule has 1 heterocycles. The number of benzene rings is 1. The highest BCUT2D eigenvalue weighted by Gasteiger charge is 2.35. The molecule has 2 fully saturated rings. The van der Waals surface area contributed by atoms with Crippen molar-refractivity contribution in [3.05, 3.63) is 35.4 Å². The fourth-order valence-electron chi connectivity index (χ4n) is 4.55. The number of rotatable bonds is 5. The van der Waals surface area contributed by atoms with E-state index < -0.39 is 0 Å². The molecular formula is C22H35IN4O. The summed E-state index contributed by atoms with van der Waals surface area (Å²) < 4.78 is 0. The summed E-state index contributed by atoms with van der Waals surface area (Å²) >= 11 is 0. The summed E-state index contributed by atoms with van der Waals surface area (Å²) in [7, 11) is 1.87. The second-order valence-electron chi connectivity index (χ2n) is 7.78. The molecule has 1 aromatic carbocycles. The van der Waals surface area contributed by atoms with Gasteiger partial charge in [-0.3, -0.25) is 9.79 Å². The van der Waals surface area contributed by atoms with Crippen LogP contribution >= 0.6 is 24.0 Å². The third-order valence-corrected chi connectivity index (χ3v) is 6.19. The number of aliphatic imine (C=N–C) groups is 1. The molecular weight excluding hydrogens is 463 g/mol. The molecule has 1 N–H and O–H groups in total. The van der Waals surface area contributed by atoms with E-state index in [9.17, 15) is 4.79 Å². The Morgan fingerprint density at radius 2 is 1.68 bits per heavy atom. The largest absolute Gasteiger partial charge is 0.352 e. The first-order valence-electron chi connectivity index (χ1n) is 10.5. The van der Waals surface area contributed by atoms with E-state index in [0.717, 1.165) is 56.1 Å². The molecule has 2 atom stereocenters. The number of fused-ring (bicyclic) bond motifs is 1. The molecule has 1 saturated carbocycles. The van der Waals surface area contributed by atoms with Crippen molar-refractivity contribution in [2.45, 2.75) is 46.1 Å². The summed E-state index contributed by atoms with van der Waals surface area (Å²) in [6.07, 6.45) is 5.53. The van der Waals surface area contributed by atoms with Gasteiger partial charge in [0.2, 0.25) is 0 Å². The molecule has 2 unspecified atom stereocenters. The van der Waals surface area contributed by atoms with Crippen LogP contribution in [0.3, 0.4) is 0 Å². The molecule has 0 radical (unpaired) electrons. The quantitative estimate of drug-likeness (QED) is 0.380. The van der Waals surface area contributed by atoms with Crippen molar-refractivity contribution in [1.29, 1.82) is 0 Å². The number of amides is 1. The summed E-state index contributed by atoms with van der Waals surface area (Å²) in [5.74, 6) is 2.81. The lowest BCUT2D eigenvalue weighted by Gasteiger charge is -2.22. The van der Waals surface area contributed by atoms with Crippen LogP contribution in [0.25, 0.3) is 0 Å². The van der Waals surface area contributed by atoms with Crippen LogP contribution in [0.5, 0.6) is 0 Å². The Morgan fingerprint density at radius 3 is 2.18 bits per heavy atom. The monoisotopic (exact) mass is 498 g/mol. The molecule has 1 aromatic rings. The van der Waals surface area contributed by atoms with Crippen molar-refractivity contribution in [1.82, 2.24) is 15.1 Å². The van der Waals surface area contributed by atoms with Crippen molar-refractivity contribution in [2.75, 3.05) is 33.2 Å². The highest BCUT2D eigenvalue weighted by Crippen LogP contribution is 2.35. The third kappa shape index (κ3) is 5.39. The Labute approximate surface area is 187 Å². The molecule has 28 heavy (non-hydrogen) atoms. The van der Waals surface area contributed by atoms with E-state index in [2.05, 4.69) is 15.2 Å². The van der Waals surface area contributed by atoms with Gasteiger partial charge in [0.05, 0.1) is 0 Å². The van der Waals surface area contributed by atoms with Crippen LogP contribution in [0.4, 0.5) is 0 Å². The van der Waals surface area contributed by atoms with Crippen LogP contribution in [0.15, 0.2) is 29.3 Å². The summed E-state index contributed by atoms with van der Waals surface area (Å²) in [6, 6.07) is 7.96. The number of hydrogen-bond donors (Lipinski definition) is 1. The van der Waals surface area contributed by atoms with Crippen molar-refractivity contribution in [2.24, 2.45) is 16.8 Å². The zero-order chi connectivity index (χ0) is 19.2. The highest BCUT2D eigenvalue weighted by molar-refractivity contribution is 14.0. The molecule has 0 spiro atoms. The lowest BCUT2D eigenvalue weighted by atomic mass is 9.82. The molecule has 0 bridgehead atoms. The predicted molar refractivity (Wildman–Crippen MR) is 126 cm³/mol. The number of hydrogen-bond acceptors (Lipinski definition) is 2. The SMILES string of the molecule is CCN(CC)C(=O)c1ccc(CNC(=NC)N2CC3CCCCC3C2)cc1.I. The van der Waals surface area contributed by atoms with Crippen molar-refractivity contribution in [3.63, 3.8) is 0 Å². The fraction of sp³-hybridized carbons (Fsp3) is 0.636. The van der Waals surface area contributed by atoms with Crippen LogP contribution in [0, 0.1) is 11.8 Å². The van der Waals surface area contributed by atoms with Gasteiger partial charge in [0.15, 0.2) is 5.96 Å². The van der Waals surface area contributed by atoms with E-state index >= 15 is 0 Å². The second-order valence-corrected chi connectivity index (χ2v) is 7.78. The molecule has 1 aliphatic carbocycles. The maximum atomic E-state index is 12.4. The van der Waals surface area contributed by atoms with Crippen LogP contribution in [-0.2, 0) is 6.54 Å². The average Bonchev–Trinajstić information content (AvgIpc) is 3.13. The van der Waals surface area contributed by atoms with Crippen molar-refractivity contribution < 1.29 is 4.79 Å². The average molecular weight is 498 g/mol. The van der Waals surface area contributed by atoms with Gasteiger partial charge < -0.3 is 15.1 Å². The van der Waals surface area contributed by atoms with Gasteiger partial charge >= 0.3 is 0 Å². The Balaban J connectivity index is 0.00000280. The standard InChI is InChI=1S/C22H34N4O.HI/c1-4-25(5-2)21(27)18-12-10-17(11-13-18)14-24-22(23-3)26-15-19-8-6-7-9-20(19)16-26;/h10-13,19-20H,4-9,14-16H2,1-3H3,(H,23,24);1H. The molecule has 156 valence electrons. The number of nitrogens with zero attached hydrogens (tertiary/aromatic N) is 3.